The molecule has 3 nitrogen and oxygen atoms in total. The van der Waals surface area contributed by atoms with Crippen LogP contribution in [0.3, 0.4) is 0 Å². The Labute approximate surface area is 116 Å². The average molecular weight is 262 g/mol. The smallest absolute Gasteiger partial charge is 0.0671 e. The molecule has 1 aliphatic rings. The van der Waals surface area contributed by atoms with E-state index >= 15 is 0 Å². The number of rotatable bonds is 3. The van der Waals surface area contributed by atoms with Crippen molar-refractivity contribution in [3.8, 4) is 0 Å². The van der Waals surface area contributed by atoms with Crippen LogP contribution in [-0.2, 0) is 5.54 Å². The van der Waals surface area contributed by atoms with Crippen LogP contribution in [0.5, 0.6) is 0 Å². The standard InChI is InChI=1S/C16H26N2O/c1-12-9-13(2)15(14(3)10-12)16(4,11-19)18-7-5-17-6-8-18/h9-10,17,19H,5-8,11H2,1-4H3. The maximum atomic E-state index is 10.0. The second-order valence-electron chi connectivity index (χ2n) is 5.94. The van der Waals surface area contributed by atoms with E-state index < -0.39 is 0 Å². The molecule has 1 unspecified atom stereocenters. The maximum Gasteiger partial charge on any atom is 0.0671 e. The third-order valence-electron chi connectivity index (χ3n) is 4.34. The van der Waals surface area contributed by atoms with Crippen molar-refractivity contribution >= 4 is 0 Å². The summed E-state index contributed by atoms with van der Waals surface area (Å²) in [6.45, 7) is 12.8. The van der Waals surface area contributed by atoms with Crippen LogP contribution in [0.25, 0.3) is 0 Å². The Hall–Kier alpha value is -0.900. The molecule has 0 radical (unpaired) electrons. The highest BCUT2D eigenvalue weighted by Crippen LogP contribution is 2.33. The number of nitrogens with zero attached hydrogens (tertiary/aromatic N) is 1. The first kappa shape index (κ1) is 14.5. The number of hydrogen-bond acceptors (Lipinski definition) is 3. The van der Waals surface area contributed by atoms with Gasteiger partial charge in [0.25, 0.3) is 0 Å². The first-order chi connectivity index (χ1) is 8.99. The van der Waals surface area contributed by atoms with Gasteiger partial charge in [0.2, 0.25) is 0 Å². The lowest BCUT2D eigenvalue weighted by Gasteiger charge is -2.44. The van der Waals surface area contributed by atoms with Crippen molar-refractivity contribution in [3.05, 3.63) is 34.4 Å². The van der Waals surface area contributed by atoms with Gasteiger partial charge in [-0.25, -0.2) is 0 Å². The summed E-state index contributed by atoms with van der Waals surface area (Å²) in [7, 11) is 0. The third-order valence-corrected chi connectivity index (χ3v) is 4.34. The Balaban J connectivity index is 2.45. The highest BCUT2D eigenvalue weighted by Gasteiger charge is 2.36. The van der Waals surface area contributed by atoms with Gasteiger partial charge < -0.3 is 10.4 Å². The highest BCUT2D eigenvalue weighted by molar-refractivity contribution is 5.42. The van der Waals surface area contributed by atoms with Crippen LogP contribution < -0.4 is 5.32 Å². The van der Waals surface area contributed by atoms with Crippen molar-refractivity contribution in [2.45, 2.75) is 33.2 Å². The predicted octanol–water partition coefficient (Wildman–Crippen LogP) is 1.72. The minimum absolute atomic E-state index is 0.164. The summed E-state index contributed by atoms with van der Waals surface area (Å²) in [4.78, 5) is 2.41. The quantitative estimate of drug-likeness (QED) is 0.871. The van der Waals surface area contributed by atoms with E-state index in [4.69, 9.17) is 0 Å². The Bertz CT molecular complexity index is 429. The van der Waals surface area contributed by atoms with E-state index in [2.05, 4.69) is 50.0 Å². The fourth-order valence-corrected chi connectivity index (χ4v) is 3.53. The van der Waals surface area contributed by atoms with Gasteiger partial charge >= 0.3 is 0 Å². The van der Waals surface area contributed by atoms with Gasteiger partial charge in [-0.3, -0.25) is 4.90 Å². The molecule has 1 aromatic carbocycles. The van der Waals surface area contributed by atoms with E-state index in [1.807, 2.05) is 0 Å². The van der Waals surface area contributed by atoms with Crippen molar-refractivity contribution in [2.75, 3.05) is 32.8 Å². The molecule has 1 aliphatic heterocycles. The molecule has 1 atom stereocenters. The normalized spacial score (nSPS) is 20.3. The van der Waals surface area contributed by atoms with Crippen molar-refractivity contribution in [1.82, 2.24) is 10.2 Å². The second kappa shape index (κ2) is 5.61. The molecule has 3 heteroatoms. The van der Waals surface area contributed by atoms with E-state index in [1.54, 1.807) is 0 Å². The summed E-state index contributed by atoms with van der Waals surface area (Å²) in [6.07, 6.45) is 0. The minimum Gasteiger partial charge on any atom is -0.394 e. The largest absolute Gasteiger partial charge is 0.394 e. The third kappa shape index (κ3) is 2.69. The zero-order valence-electron chi connectivity index (χ0n) is 12.6. The van der Waals surface area contributed by atoms with Gasteiger partial charge in [0.05, 0.1) is 12.1 Å². The molecule has 0 amide bonds. The predicted molar refractivity (Wildman–Crippen MR) is 79.5 cm³/mol. The van der Waals surface area contributed by atoms with Crippen molar-refractivity contribution < 1.29 is 5.11 Å². The van der Waals surface area contributed by atoms with Crippen LogP contribution in [0.2, 0.25) is 0 Å². The molecule has 0 spiro atoms. The van der Waals surface area contributed by atoms with Crippen LogP contribution in [-0.4, -0.2) is 42.8 Å². The molecule has 106 valence electrons. The molecule has 19 heavy (non-hydrogen) atoms. The van der Waals surface area contributed by atoms with Crippen molar-refractivity contribution in [2.24, 2.45) is 0 Å². The SMILES string of the molecule is Cc1cc(C)c(C(C)(CO)N2CCNCC2)c(C)c1. The van der Waals surface area contributed by atoms with Crippen LogP contribution >= 0.6 is 0 Å². The fourth-order valence-electron chi connectivity index (χ4n) is 3.53. The topological polar surface area (TPSA) is 35.5 Å². The molecule has 1 aromatic rings. The summed E-state index contributed by atoms with van der Waals surface area (Å²) < 4.78 is 0. The molecular weight excluding hydrogens is 236 g/mol. The number of piperazine rings is 1. The fraction of sp³-hybridized carbons (Fsp3) is 0.625. The molecule has 2 N–H and O–H groups in total. The zero-order valence-corrected chi connectivity index (χ0v) is 12.6. The minimum atomic E-state index is -0.274. The first-order valence-electron chi connectivity index (χ1n) is 7.14. The summed E-state index contributed by atoms with van der Waals surface area (Å²) >= 11 is 0. The van der Waals surface area contributed by atoms with Gasteiger partial charge in [0.1, 0.15) is 0 Å². The molecule has 1 heterocycles. The van der Waals surface area contributed by atoms with Crippen LogP contribution in [0.15, 0.2) is 12.1 Å². The molecule has 1 saturated heterocycles. The molecule has 0 saturated carbocycles. The van der Waals surface area contributed by atoms with Gasteiger partial charge in [-0.1, -0.05) is 17.7 Å². The summed E-state index contributed by atoms with van der Waals surface area (Å²) in [5, 5.41) is 13.4. The zero-order chi connectivity index (χ0) is 14.0. The lowest BCUT2D eigenvalue weighted by atomic mass is 9.83. The highest BCUT2D eigenvalue weighted by atomic mass is 16.3. The van der Waals surface area contributed by atoms with Crippen molar-refractivity contribution in [3.63, 3.8) is 0 Å². The number of aliphatic hydroxyl groups excluding tert-OH is 1. The van der Waals surface area contributed by atoms with Gasteiger partial charge in [-0.15, -0.1) is 0 Å². The Morgan fingerprint density at radius 1 is 1.16 bits per heavy atom. The number of benzene rings is 1. The van der Waals surface area contributed by atoms with E-state index in [-0.39, 0.29) is 12.1 Å². The van der Waals surface area contributed by atoms with Gasteiger partial charge in [0.15, 0.2) is 0 Å². The van der Waals surface area contributed by atoms with Crippen LogP contribution in [0, 0.1) is 20.8 Å². The molecule has 1 fully saturated rings. The van der Waals surface area contributed by atoms with E-state index in [1.165, 1.54) is 22.3 Å². The molecule has 0 aliphatic carbocycles. The Morgan fingerprint density at radius 3 is 2.16 bits per heavy atom. The Kier molecular flexibility index (Phi) is 4.29. The maximum absolute atomic E-state index is 10.0. The number of hydrogen-bond donors (Lipinski definition) is 2. The second-order valence-corrected chi connectivity index (χ2v) is 5.94. The molecular formula is C16H26N2O. The average Bonchev–Trinajstić information content (AvgIpc) is 2.38. The number of aliphatic hydroxyl groups is 1. The number of nitrogens with one attached hydrogen (secondary N) is 1. The van der Waals surface area contributed by atoms with E-state index in [9.17, 15) is 5.11 Å². The molecule has 0 bridgehead atoms. The summed E-state index contributed by atoms with van der Waals surface area (Å²) in [5.41, 5.74) is 4.88. The van der Waals surface area contributed by atoms with Crippen LogP contribution in [0.4, 0.5) is 0 Å². The van der Waals surface area contributed by atoms with E-state index in [0.717, 1.165) is 26.2 Å². The van der Waals surface area contributed by atoms with Gasteiger partial charge in [0, 0.05) is 26.2 Å². The van der Waals surface area contributed by atoms with E-state index in [0.29, 0.717) is 0 Å². The number of aryl methyl sites for hydroxylation is 3. The lowest BCUT2D eigenvalue weighted by Crippen LogP contribution is -2.55. The lowest BCUT2D eigenvalue weighted by molar-refractivity contribution is 0.0302. The van der Waals surface area contributed by atoms with Crippen molar-refractivity contribution in [1.29, 1.82) is 0 Å². The summed E-state index contributed by atoms with van der Waals surface area (Å²) in [6, 6.07) is 4.44. The Morgan fingerprint density at radius 2 is 1.68 bits per heavy atom. The summed E-state index contributed by atoms with van der Waals surface area (Å²) in [5.74, 6) is 0. The van der Waals surface area contributed by atoms with Gasteiger partial charge in [-0.2, -0.15) is 0 Å². The molecule has 2 rings (SSSR count). The monoisotopic (exact) mass is 262 g/mol. The first-order valence-corrected chi connectivity index (χ1v) is 7.14. The van der Waals surface area contributed by atoms with Crippen LogP contribution in [0.1, 0.15) is 29.2 Å². The molecule has 0 aromatic heterocycles. The van der Waals surface area contributed by atoms with Gasteiger partial charge in [-0.05, 0) is 44.4 Å².